The van der Waals surface area contributed by atoms with Crippen molar-refractivity contribution in [2.24, 2.45) is 5.41 Å². The molecule has 53 heavy (non-hydrogen) atoms. The molecule has 274 valence electrons. The van der Waals surface area contributed by atoms with Gasteiger partial charge in [0.2, 0.25) is 0 Å². The molecular weight excluding hydrogens is 649 g/mol. The Hall–Kier alpha value is -5.03. The van der Waals surface area contributed by atoms with Crippen LogP contribution in [-0.4, -0.2) is 16.2 Å². The van der Waals surface area contributed by atoms with E-state index in [1.807, 2.05) is 6.20 Å². The van der Waals surface area contributed by atoms with Crippen molar-refractivity contribution in [1.82, 2.24) is 9.55 Å². The predicted octanol–water partition coefficient (Wildman–Crippen LogP) is 13.0. The standard InChI is InChI=1S/C48H56N4O/c1-45(2,3)32-17-19-35(20-18-32)51-31-50(30-43(51)48(10,11)12)36-25-34(47(7,8)9)26-38(28-36)53-37-21-22-40-39-15-13-14-16-41(39)52(42(40)29-37)44-27-33(23-24-49-44)46(4,5)6/h13-30H,31H2,1-12H3. The molecule has 6 aromatic rings. The van der Waals surface area contributed by atoms with Gasteiger partial charge in [0, 0.05) is 57.8 Å². The number of hydrogen-bond acceptors (Lipinski definition) is 4. The van der Waals surface area contributed by atoms with Gasteiger partial charge in [0.15, 0.2) is 0 Å². The molecule has 3 heterocycles. The molecule has 0 spiro atoms. The summed E-state index contributed by atoms with van der Waals surface area (Å²) in [5, 5.41) is 2.37. The van der Waals surface area contributed by atoms with Crippen LogP contribution in [-0.2, 0) is 16.2 Å². The van der Waals surface area contributed by atoms with Gasteiger partial charge >= 0.3 is 0 Å². The number of fused-ring (bicyclic) bond motifs is 3. The Balaban J connectivity index is 1.29. The lowest BCUT2D eigenvalue weighted by Crippen LogP contribution is -2.30. The molecule has 1 aliphatic heterocycles. The van der Waals surface area contributed by atoms with Crippen molar-refractivity contribution in [2.45, 2.75) is 99.3 Å². The van der Waals surface area contributed by atoms with E-state index in [1.165, 1.54) is 38.8 Å². The van der Waals surface area contributed by atoms with Crippen LogP contribution < -0.4 is 14.5 Å². The Bertz CT molecular complexity index is 2330. The van der Waals surface area contributed by atoms with Gasteiger partial charge in [-0.05, 0) is 87.5 Å². The van der Waals surface area contributed by atoms with Crippen molar-refractivity contribution >= 4 is 33.2 Å². The molecule has 1 aliphatic rings. The molecule has 0 saturated carbocycles. The second kappa shape index (κ2) is 12.8. The fourth-order valence-electron chi connectivity index (χ4n) is 7.25. The molecule has 0 unspecified atom stereocenters. The average Bonchev–Trinajstić information content (AvgIpc) is 3.68. The van der Waals surface area contributed by atoms with Gasteiger partial charge in [0.05, 0.1) is 17.7 Å². The zero-order chi connectivity index (χ0) is 38.1. The van der Waals surface area contributed by atoms with E-state index in [0.717, 1.165) is 40.7 Å². The molecule has 2 aromatic heterocycles. The quantitative estimate of drug-likeness (QED) is 0.179. The van der Waals surface area contributed by atoms with E-state index in [4.69, 9.17) is 9.72 Å². The van der Waals surface area contributed by atoms with Crippen LogP contribution in [0.1, 0.15) is 99.8 Å². The van der Waals surface area contributed by atoms with E-state index in [2.05, 4.69) is 201 Å². The summed E-state index contributed by atoms with van der Waals surface area (Å²) in [6.07, 6.45) is 4.25. The molecule has 0 bridgehead atoms. The Morgan fingerprint density at radius 3 is 1.85 bits per heavy atom. The average molecular weight is 705 g/mol. The summed E-state index contributed by atoms with van der Waals surface area (Å²) in [5.41, 5.74) is 9.60. The number of rotatable bonds is 5. The molecule has 0 saturated heterocycles. The van der Waals surface area contributed by atoms with Gasteiger partial charge in [-0.15, -0.1) is 0 Å². The molecule has 0 radical (unpaired) electrons. The molecule has 0 amide bonds. The van der Waals surface area contributed by atoms with Crippen molar-refractivity contribution in [3.63, 3.8) is 0 Å². The summed E-state index contributed by atoms with van der Waals surface area (Å²) in [6.45, 7) is 27.9. The van der Waals surface area contributed by atoms with Gasteiger partial charge in [-0.2, -0.15) is 0 Å². The SMILES string of the molecule is CC(C)(C)C1=CN(c2cc(Oc3ccc4c5ccccc5n(-c5cc(C(C)(C)C)ccn5)c4c3)cc(C(C)(C)C)c2)CN1c1ccc(C(C)(C)C)cc1. The summed E-state index contributed by atoms with van der Waals surface area (Å²) in [6, 6.07) is 35.2. The van der Waals surface area contributed by atoms with Crippen LogP contribution in [0.5, 0.6) is 11.5 Å². The molecule has 0 atom stereocenters. The van der Waals surface area contributed by atoms with Gasteiger partial charge < -0.3 is 14.5 Å². The highest BCUT2D eigenvalue weighted by molar-refractivity contribution is 6.09. The van der Waals surface area contributed by atoms with Gasteiger partial charge in [-0.25, -0.2) is 4.98 Å². The van der Waals surface area contributed by atoms with E-state index in [9.17, 15) is 0 Å². The van der Waals surface area contributed by atoms with Crippen molar-refractivity contribution in [3.05, 3.63) is 132 Å². The first kappa shape index (κ1) is 36.3. The second-order valence-corrected chi connectivity index (χ2v) is 18.9. The van der Waals surface area contributed by atoms with Gasteiger partial charge in [-0.3, -0.25) is 4.57 Å². The van der Waals surface area contributed by atoms with Crippen molar-refractivity contribution in [3.8, 4) is 17.3 Å². The van der Waals surface area contributed by atoms with E-state index in [0.29, 0.717) is 0 Å². The number of aromatic nitrogens is 2. The van der Waals surface area contributed by atoms with Crippen molar-refractivity contribution < 1.29 is 4.74 Å². The summed E-state index contributed by atoms with van der Waals surface area (Å²) in [5.74, 6) is 2.52. The molecule has 0 fully saturated rings. The van der Waals surface area contributed by atoms with Crippen LogP contribution in [0.25, 0.3) is 27.6 Å². The highest BCUT2D eigenvalue weighted by Crippen LogP contribution is 2.42. The Morgan fingerprint density at radius 2 is 1.19 bits per heavy atom. The van der Waals surface area contributed by atoms with Gasteiger partial charge in [0.1, 0.15) is 17.3 Å². The Morgan fingerprint density at radius 1 is 0.528 bits per heavy atom. The molecular formula is C48H56N4O. The number of hydrogen-bond donors (Lipinski definition) is 0. The molecule has 4 aromatic carbocycles. The van der Waals surface area contributed by atoms with Crippen LogP contribution >= 0.6 is 0 Å². The maximum absolute atomic E-state index is 6.84. The topological polar surface area (TPSA) is 33.5 Å². The molecule has 0 N–H and O–H groups in total. The number of ether oxygens (including phenoxy) is 1. The minimum atomic E-state index is -0.0764. The Labute approximate surface area is 316 Å². The predicted molar refractivity (Wildman–Crippen MR) is 225 cm³/mol. The number of anilines is 2. The number of benzene rings is 4. The lowest BCUT2D eigenvalue weighted by molar-refractivity contribution is 0.479. The molecule has 5 heteroatoms. The van der Waals surface area contributed by atoms with Crippen LogP contribution in [0.2, 0.25) is 0 Å². The molecule has 5 nitrogen and oxygen atoms in total. The maximum Gasteiger partial charge on any atom is 0.137 e. The minimum Gasteiger partial charge on any atom is -0.457 e. The third-order valence-corrected chi connectivity index (χ3v) is 10.5. The van der Waals surface area contributed by atoms with Crippen LogP contribution in [0.4, 0.5) is 11.4 Å². The first-order valence-corrected chi connectivity index (χ1v) is 19.0. The highest BCUT2D eigenvalue weighted by Gasteiger charge is 2.32. The lowest BCUT2D eigenvalue weighted by atomic mass is 9.86. The highest BCUT2D eigenvalue weighted by atomic mass is 16.5. The molecule has 7 rings (SSSR count). The largest absolute Gasteiger partial charge is 0.457 e. The van der Waals surface area contributed by atoms with E-state index >= 15 is 0 Å². The summed E-state index contributed by atoms with van der Waals surface area (Å²) in [4.78, 5) is 9.70. The van der Waals surface area contributed by atoms with Crippen molar-refractivity contribution in [1.29, 1.82) is 0 Å². The number of pyridine rings is 1. The van der Waals surface area contributed by atoms with Crippen LogP contribution in [0.15, 0.2) is 115 Å². The van der Waals surface area contributed by atoms with Crippen LogP contribution in [0.3, 0.4) is 0 Å². The maximum atomic E-state index is 6.84. The normalized spacial score (nSPS) is 14.4. The first-order chi connectivity index (χ1) is 24.8. The zero-order valence-corrected chi connectivity index (χ0v) is 33.8. The first-order valence-electron chi connectivity index (χ1n) is 19.0. The van der Waals surface area contributed by atoms with Gasteiger partial charge in [-0.1, -0.05) is 113 Å². The number of para-hydroxylation sites is 1. The molecule has 0 aliphatic carbocycles. The monoisotopic (exact) mass is 704 g/mol. The lowest BCUT2D eigenvalue weighted by Gasteiger charge is -2.31. The van der Waals surface area contributed by atoms with Gasteiger partial charge in [0.25, 0.3) is 0 Å². The second-order valence-electron chi connectivity index (χ2n) is 18.9. The Kier molecular flexibility index (Phi) is 8.79. The third kappa shape index (κ3) is 7.19. The summed E-state index contributed by atoms with van der Waals surface area (Å²) < 4.78 is 9.12. The number of allylic oxidation sites excluding steroid dienone is 1. The minimum absolute atomic E-state index is 0.00654. The fraction of sp³-hybridized carbons (Fsp3) is 0.354. The van der Waals surface area contributed by atoms with E-state index in [-0.39, 0.29) is 21.7 Å². The smallest absolute Gasteiger partial charge is 0.137 e. The van der Waals surface area contributed by atoms with Crippen molar-refractivity contribution in [2.75, 3.05) is 16.5 Å². The van der Waals surface area contributed by atoms with E-state index in [1.54, 1.807) is 0 Å². The third-order valence-electron chi connectivity index (χ3n) is 10.5. The zero-order valence-electron chi connectivity index (χ0n) is 33.8. The summed E-state index contributed by atoms with van der Waals surface area (Å²) in [7, 11) is 0. The fourth-order valence-corrected chi connectivity index (χ4v) is 7.25. The summed E-state index contributed by atoms with van der Waals surface area (Å²) >= 11 is 0. The number of nitrogens with zero attached hydrogens (tertiary/aromatic N) is 4. The van der Waals surface area contributed by atoms with E-state index < -0.39 is 0 Å². The van der Waals surface area contributed by atoms with Crippen LogP contribution in [0, 0.1) is 5.41 Å².